The summed E-state index contributed by atoms with van der Waals surface area (Å²) in [5.74, 6) is -4.76. The van der Waals surface area contributed by atoms with E-state index in [0.717, 1.165) is 25.7 Å². The maximum atomic E-state index is 9.82. The van der Waals surface area contributed by atoms with E-state index in [4.69, 9.17) is 0 Å². The molecule has 0 amide bonds. The number of aliphatic hydroxyl groups is 4. The Kier molecular flexibility index (Phi) is 7.29. The normalized spacial score (nSPS) is 27.2. The molecule has 0 unspecified atom stereocenters. The first-order valence-electron chi connectivity index (χ1n) is 7.85. The van der Waals surface area contributed by atoms with Gasteiger partial charge in [-0.15, -0.1) is 0 Å². The van der Waals surface area contributed by atoms with E-state index in [1.54, 1.807) is 0 Å². The molecule has 19 heavy (non-hydrogen) atoms. The molecule has 4 N–H and O–H groups in total. The standard InChI is InChI=1S/C15H30O4/c16-14(17)12-10-8-6-4-2-1-3-5-7-9-11-13-15(14,18)19/h16-19H,1-13H2. The van der Waals surface area contributed by atoms with Crippen molar-refractivity contribution in [2.24, 2.45) is 0 Å². The minimum Gasteiger partial charge on any atom is -0.361 e. The molecule has 0 aromatic carbocycles. The second-order valence-corrected chi connectivity index (χ2v) is 6.02. The van der Waals surface area contributed by atoms with E-state index in [1.807, 2.05) is 0 Å². The molecular weight excluding hydrogens is 244 g/mol. The molecule has 0 saturated heterocycles. The lowest BCUT2D eigenvalue weighted by molar-refractivity contribution is -0.361. The molecule has 0 aliphatic heterocycles. The number of rotatable bonds is 0. The third kappa shape index (κ3) is 6.21. The predicted octanol–water partition coefficient (Wildman–Crippen LogP) is 2.43. The van der Waals surface area contributed by atoms with Crippen LogP contribution in [0.15, 0.2) is 0 Å². The van der Waals surface area contributed by atoms with Gasteiger partial charge in [0.15, 0.2) is 0 Å². The summed E-state index contributed by atoms with van der Waals surface area (Å²) in [5, 5.41) is 39.3. The van der Waals surface area contributed by atoms with Gasteiger partial charge in [-0.1, -0.05) is 57.8 Å². The second-order valence-electron chi connectivity index (χ2n) is 6.02. The van der Waals surface area contributed by atoms with Crippen molar-refractivity contribution in [3.05, 3.63) is 0 Å². The second kappa shape index (κ2) is 8.20. The van der Waals surface area contributed by atoms with Crippen LogP contribution >= 0.6 is 0 Å². The van der Waals surface area contributed by atoms with Crippen LogP contribution in [0, 0.1) is 0 Å². The van der Waals surface area contributed by atoms with Crippen LogP contribution < -0.4 is 0 Å². The molecule has 1 saturated carbocycles. The molecule has 1 fully saturated rings. The lowest BCUT2D eigenvalue weighted by Crippen LogP contribution is -2.54. The quantitative estimate of drug-likeness (QED) is 0.511. The molecule has 1 aliphatic rings. The lowest BCUT2D eigenvalue weighted by Gasteiger charge is -2.35. The molecule has 0 spiro atoms. The molecule has 0 bridgehead atoms. The summed E-state index contributed by atoms with van der Waals surface area (Å²) in [4.78, 5) is 0. The highest BCUT2D eigenvalue weighted by molar-refractivity contribution is 4.82. The van der Waals surface area contributed by atoms with Crippen LogP contribution in [0.25, 0.3) is 0 Å². The van der Waals surface area contributed by atoms with Gasteiger partial charge in [-0.2, -0.15) is 0 Å². The van der Waals surface area contributed by atoms with E-state index >= 15 is 0 Å². The summed E-state index contributed by atoms with van der Waals surface area (Å²) in [5.41, 5.74) is 0. The zero-order valence-electron chi connectivity index (χ0n) is 12.0. The highest BCUT2D eigenvalue weighted by Crippen LogP contribution is 2.29. The van der Waals surface area contributed by atoms with Gasteiger partial charge in [0.2, 0.25) is 11.6 Å². The Labute approximate surface area is 116 Å². The largest absolute Gasteiger partial charge is 0.361 e. The minimum absolute atomic E-state index is 0.0278. The molecule has 4 nitrogen and oxygen atoms in total. The van der Waals surface area contributed by atoms with Gasteiger partial charge in [-0.05, 0) is 12.8 Å². The first kappa shape index (κ1) is 16.9. The number of hydrogen-bond acceptors (Lipinski definition) is 4. The van der Waals surface area contributed by atoms with E-state index in [2.05, 4.69) is 0 Å². The predicted molar refractivity (Wildman–Crippen MR) is 74.4 cm³/mol. The Balaban J connectivity index is 2.47. The zero-order valence-corrected chi connectivity index (χ0v) is 12.0. The average Bonchev–Trinajstić information content (AvgIpc) is 2.34. The van der Waals surface area contributed by atoms with Crippen molar-refractivity contribution in [3.8, 4) is 0 Å². The molecule has 1 rings (SSSR count). The first-order valence-corrected chi connectivity index (χ1v) is 7.85. The van der Waals surface area contributed by atoms with Crippen molar-refractivity contribution in [2.45, 2.75) is 95.0 Å². The summed E-state index contributed by atoms with van der Waals surface area (Å²) in [7, 11) is 0. The Bertz CT molecular complexity index is 214. The van der Waals surface area contributed by atoms with E-state index in [9.17, 15) is 20.4 Å². The lowest BCUT2D eigenvalue weighted by atomic mass is 9.94. The van der Waals surface area contributed by atoms with Crippen molar-refractivity contribution in [1.29, 1.82) is 0 Å². The van der Waals surface area contributed by atoms with Gasteiger partial charge in [0, 0.05) is 12.8 Å². The smallest absolute Gasteiger partial charge is 0.218 e. The van der Waals surface area contributed by atoms with Gasteiger partial charge in [0.25, 0.3) is 0 Å². The molecule has 0 aromatic heterocycles. The summed E-state index contributed by atoms with van der Waals surface area (Å²) in [6.07, 6.45) is 11.5. The molecule has 0 atom stereocenters. The van der Waals surface area contributed by atoms with Crippen LogP contribution in [0.3, 0.4) is 0 Å². The Morgan fingerprint density at radius 3 is 0.842 bits per heavy atom. The summed E-state index contributed by atoms with van der Waals surface area (Å²) in [6, 6.07) is 0. The Morgan fingerprint density at radius 2 is 0.579 bits per heavy atom. The van der Waals surface area contributed by atoms with E-state index in [-0.39, 0.29) is 12.8 Å². The maximum Gasteiger partial charge on any atom is 0.218 e. The highest BCUT2D eigenvalue weighted by atomic mass is 16.6. The first-order chi connectivity index (χ1) is 8.96. The van der Waals surface area contributed by atoms with Crippen LogP contribution in [0.2, 0.25) is 0 Å². The van der Waals surface area contributed by atoms with E-state index < -0.39 is 11.6 Å². The van der Waals surface area contributed by atoms with Gasteiger partial charge >= 0.3 is 0 Å². The molecule has 0 radical (unpaired) electrons. The Hall–Kier alpha value is -0.160. The SMILES string of the molecule is OC1(O)CCCCCCCCCCCCCC1(O)O. The number of hydrogen-bond donors (Lipinski definition) is 4. The summed E-state index contributed by atoms with van der Waals surface area (Å²) < 4.78 is 0. The van der Waals surface area contributed by atoms with E-state index in [0.29, 0.717) is 12.8 Å². The fraction of sp³-hybridized carbons (Fsp3) is 1.00. The molecule has 0 aromatic rings. The topological polar surface area (TPSA) is 80.9 Å². The van der Waals surface area contributed by atoms with Gasteiger partial charge in [-0.3, -0.25) is 0 Å². The van der Waals surface area contributed by atoms with Crippen molar-refractivity contribution in [1.82, 2.24) is 0 Å². The van der Waals surface area contributed by atoms with Crippen LogP contribution in [-0.4, -0.2) is 32.0 Å². The van der Waals surface area contributed by atoms with E-state index in [1.165, 1.54) is 32.1 Å². The molecule has 1 aliphatic carbocycles. The van der Waals surface area contributed by atoms with Gasteiger partial charge in [-0.25, -0.2) is 0 Å². The third-order valence-electron chi connectivity index (χ3n) is 4.19. The monoisotopic (exact) mass is 274 g/mol. The maximum absolute atomic E-state index is 9.82. The average molecular weight is 274 g/mol. The van der Waals surface area contributed by atoms with Crippen LogP contribution in [0.5, 0.6) is 0 Å². The van der Waals surface area contributed by atoms with Crippen molar-refractivity contribution < 1.29 is 20.4 Å². The van der Waals surface area contributed by atoms with Gasteiger partial charge < -0.3 is 20.4 Å². The van der Waals surface area contributed by atoms with Crippen molar-refractivity contribution in [3.63, 3.8) is 0 Å². The summed E-state index contributed by atoms with van der Waals surface area (Å²) in [6.45, 7) is 0. The third-order valence-corrected chi connectivity index (χ3v) is 4.19. The van der Waals surface area contributed by atoms with Crippen LogP contribution in [0.4, 0.5) is 0 Å². The summed E-state index contributed by atoms with van der Waals surface area (Å²) >= 11 is 0. The fourth-order valence-electron chi connectivity index (χ4n) is 2.73. The fourth-order valence-corrected chi connectivity index (χ4v) is 2.73. The molecule has 4 heteroatoms. The molecule has 114 valence electrons. The molecular formula is C15H30O4. The van der Waals surface area contributed by atoms with Gasteiger partial charge in [0.1, 0.15) is 0 Å². The van der Waals surface area contributed by atoms with Crippen molar-refractivity contribution in [2.75, 3.05) is 0 Å². The zero-order chi connectivity index (χ0) is 14.2. The van der Waals surface area contributed by atoms with Crippen LogP contribution in [0.1, 0.15) is 83.5 Å². The Morgan fingerprint density at radius 1 is 0.368 bits per heavy atom. The van der Waals surface area contributed by atoms with Crippen molar-refractivity contribution >= 4 is 0 Å². The minimum atomic E-state index is -2.38. The molecule has 0 heterocycles. The van der Waals surface area contributed by atoms with Crippen LogP contribution in [-0.2, 0) is 0 Å². The van der Waals surface area contributed by atoms with Gasteiger partial charge in [0.05, 0.1) is 0 Å². The highest BCUT2D eigenvalue weighted by Gasteiger charge is 2.45.